The van der Waals surface area contributed by atoms with E-state index in [9.17, 15) is 0 Å². The monoisotopic (exact) mass is 163 g/mol. The molecule has 0 aliphatic rings. The van der Waals surface area contributed by atoms with Gasteiger partial charge in [-0.1, -0.05) is 13.8 Å². The van der Waals surface area contributed by atoms with Crippen LogP contribution >= 0.6 is 0 Å². The Morgan fingerprint density at radius 3 is 3.00 bits per heavy atom. The molecule has 0 amide bonds. The van der Waals surface area contributed by atoms with Crippen LogP contribution in [0.25, 0.3) is 5.78 Å². The maximum Gasteiger partial charge on any atom is 0.271 e. The first-order chi connectivity index (χ1) is 5.77. The minimum atomic E-state index is 0.374. The summed E-state index contributed by atoms with van der Waals surface area (Å²) in [5.41, 5.74) is 0.940. The molecule has 0 unspecified atom stereocenters. The molecule has 2 aromatic heterocycles. The molecule has 0 saturated heterocycles. The van der Waals surface area contributed by atoms with Crippen LogP contribution in [0.15, 0.2) is 12.5 Å². The van der Waals surface area contributed by atoms with Crippen molar-refractivity contribution >= 4 is 5.78 Å². The van der Waals surface area contributed by atoms with Crippen LogP contribution in [0.1, 0.15) is 25.5 Å². The van der Waals surface area contributed by atoms with Crippen LogP contribution in [-0.4, -0.2) is 24.8 Å². The highest BCUT2D eigenvalue weighted by Gasteiger charge is 2.03. The van der Waals surface area contributed by atoms with Gasteiger partial charge in [-0.15, -0.1) is 10.2 Å². The Balaban J connectivity index is 2.60. The van der Waals surface area contributed by atoms with Gasteiger partial charge in [-0.25, -0.2) is 4.98 Å². The molecular weight excluding hydrogens is 154 g/mol. The van der Waals surface area contributed by atoms with Crippen LogP contribution in [0.2, 0.25) is 0 Å². The van der Waals surface area contributed by atoms with Gasteiger partial charge in [0.05, 0.1) is 11.9 Å². The fraction of sp³-hybridized carbons (Fsp3) is 0.429. The van der Waals surface area contributed by atoms with Crippen molar-refractivity contribution < 1.29 is 0 Å². The summed E-state index contributed by atoms with van der Waals surface area (Å²) in [5.74, 6) is 0.931. The Bertz CT molecular complexity index is 391. The summed E-state index contributed by atoms with van der Waals surface area (Å²) >= 11 is 0. The summed E-state index contributed by atoms with van der Waals surface area (Å²) in [5, 5.41) is 11.6. The van der Waals surface area contributed by atoms with Crippen molar-refractivity contribution in [3.8, 4) is 0 Å². The third-order valence-electron chi connectivity index (χ3n) is 1.65. The highest BCUT2D eigenvalue weighted by molar-refractivity contribution is 5.23. The quantitative estimate of drug-likeness (QED) is 0.619. The normalized spacial score (nSPS) is 11.2. The Labute approximate surface area is 69.5 Å². The summed E-state index contributed by atoms with van der Waals surface area (Å²) in [6, 6.07) is 0. The SMILES string of the molecule is CC(C)c1cnn2cnnc2n1. The predicted molar refractivity (Wildman–Crippen MR) is 42.7 cm³/mol. The van der Waals surface area contributed by atoms with Crippen molar-refractivity contribution in [3.63, 3.8) is 0 Å². The summed E-state index contributed by atoms with van der Waals surface area (Å²) in [7, 11) is 0. The lowest BCUT2D eigenvalue weighted by molar-refractivity contribution is 0.778. The topological polar surface area (TPSA) is 56.0 Å². The van der Waals surface area contributed by atoms with Gasteiger partial charge in [0, 0.05) is 0 Å². The van der Waals surface area contributed by atoms with Gasteiger partial charge in [0.2, 0.25) is 0 Å². The molecule has 12 heavy (non-hydrogen) atoms. The fourth-order valence-electron chi connectivity index (χ4n) is 0.923. The van der Waals surface area contributed by atoms with Crippen LogP contribution in [-0.2, 0) is 0 Å². The molecule has 2 heterocycles. The maximum atomic E-state index is 4.26. The van der Waals surface area contributed by atoms with Gasteiger partial charge in [-0.2, -0.15) is 9.61 Å². The van der Waals surface area contributed by atoms with Crippen molar-refractivity contribution in [1.29, 1.82) is 0 Å². The molecule has 0 aromatic carbocycles. The maximum absolute atomic E-state index is 4.26. The average molecular weight is 163 g/mol. The van der Waals surface area contributed by atoms with Crippen molar-refractivity contribution in [2.24, 2.45) is 0 Å². The number of nitrogens with zero attached hydrogens (tertiary/aromatic N) is 5. The first-order valence-electron chi connectivity index (χ1n) is 3.80. The van der Waals surface area contributed by atoms with Crippen molar-refractivity contribution in [1.82, 2.24) is 24.8 Å². The molecule has 0 saturated carbocycles. The molecule has 62 valence electrons. The van der Waals surface area contributed by atoms with Gasteiger partial charge in [0.15, 0.2) is 0 Å². The zero-order chi connectivity index (χ0) is 8.55. The fourth-order valence-corrected chi connectivity index (χ4v) is 0.923. The molecule has 0 spiro atoms. The van der Waals surface area contributed by atoms with Gasteiger partial charge >= 0.3 is 0 Å². The smallest absolute Gasteiger partial charge is 0.213 e. The Kier molecular flexibility index (Phi) is 1.49. The Morgan fingerprint density at radius 1 is 1.42 bits per heavy atom. The van der Waals surface area contributed by atoms with Crippen molar-refractivity contribution in [2.75, 3.05) is 0 Å². The van der Waals surface area contributed by atoms with Gasteiger partial charge in [-0.3, -0.25) is 0 Å². The number of rotatable bonds is 1. The van der Waals surface area contributed by atoms with Gasteiger partial charge in [0.1, 0.15) is 6.33 Å². The third-order valence-corrected chi connectivity index (χ3v) is 1.65. The van der Waals surface area contributed by atoms with Crippen LogP contribution in [0.5, 0.6) is 0 Å². The molecule has 0 aliphatic carbocycles. The predicted octanol–water partition coefficient (Wildman–Crippen LogP) is 0.643. The highest BCUT2D eigenvalue weighted by Crippen LogP contribution is 2.08. The Hall–Kier alpha value is -1.52. The van der Waals surface area contributed by atoms with Gasteiger partial charge in [0.25, 0.3) is 5.78 Å². The largest absolute Gasteiger partial charge is 0.271 e. The zero-order valence-corrected chi connectivity index (χ0v) is 6.97. The van der Waals surface area contributed by atoms with E-state index < -0.39 is 0 Å². The second-order valence-corrected chi connectivity index (χ2v) is 2.91. The minimum Gasteiger partial charge on any atom is -0.213 e. The van der Waals surface area contributed by atoms with E-state index in [0.717, 1.165) is 5.69 Å². The van der Waals surface area contributed by atoms with E-state index in [4.69, 9.17) is 0 Å². The molecule has 0 bridgehead atoms. The summed E-state index contributed by atoms with van der Waals surface area (Å²) in [6.45, 7) is 4.13. The highest BCUT2D eigenvalue weighted by atomic mass is 15.4. The van der Waals surface area contributed by atoms with E-state index in [1.54, 1.807) is 10.7 Å². The molecule has 0 aliphatic heterocycles. The van der Waals surface area contributed by atoms with E-state index >= 15 is 0 Å². The van der Waals surface area contributed by atoms with E-state index in [0.29, 0.717) is 11.7 Å². The number of aromatic nitrogens is 5. The van der Waals surface area contributed by atoms with Crippen molar-refractivity contribution in [3.05, 3.63) is 18.2 Å². The molecule has 0 N–H and O–H groups in total. The summed E-state index contributed by atoms with van der Waals surface area (Å²) in [6.07, 6.45) is 3.27. The zero-order valence-electron chi connectivity index (χ0n) is 6.97. The molecule has 0 radical (unpaired) electrons. The van der Waals surface area contributed by atoms with E-state index in [1.807, 2.05) is 0 Å². The van der Waals surface area contributed by atoms with Crippen LogP contribution < -0.4 is 0 Å². The lowest BCUT2D eigenvalue weighted by Crippen LogP contribution is -1.99. The number of fused-ring (bicyclic) bond motifs is 1. The average Bonchev–Trinajstić information content (AvgIpc) is 2.49. The number of hydrogen-bond acceptors (Lipinski definition) is 4. The lowest BCUT2D eigenvalue weighted by atomic mass is 10.1. The molecule has 2 aromatic rings. The van der Waals surface area contributed by atoms with Crippen LogP contribution in [0.3, 0.4) is 0 Å². The molecule has 0 fully saturated rings. The van der Waals surface area contributed by atoms with E-state index in [2.05, 4.69) is 34.1 Å². The van der Waals surface area contributed by atoms with E-state index in [-0.39, 0.29) is 0 Å². The standard InChI is InChI=1S/C7H9N5/c1-5(2)6-3-9-12-4-8-11-7(12)10-6/h3-5H,1-2H3. The second kappa shape index (κ2) is 2.51. The van der Waals surface area contributed by atoms with Crippen LogP contribution in [0, 0.1) is 0 Å². The second-order valence-electron chi connectivity index (χ2n) is 2.91. The first-order valence-corrected chi connectivity index (χ1v) is 3.80. The number of hydrogen-bond donors (Lipinski definition) is 0. The first kappa shape index (κ1) is 7.15. The minimum absolute atomic E-state index is 0.374. The van der Waals surface area contributed by atoms with Gasteiger partial charge < -0.3 is 0 Å². The van der Waals surface area contributed by atoms with Crippen molar-refractivity contribution in [2.45, 2.75) is 19.8 Å². The molecule has 2 rings (SSSR count). The molecule has 5 heteroatoms. The molecule has 5 nitrogen and oxygen atoms in total. The lowest BCUT2D eigenvalue weighted by Gasteiger charge is -2.01. The summed E-state index contributed by atoms with van der Waals surface area (Å²) in [4.78, 5) is 4.26. The molecule has 0 atom stereocenters. The summed E-state index contributed by atoms with van der Waals surface area (Å²) < 4.78 is 1.55. The van der Waals surface area contributed by atoms with E-state index in [1.165, 1.54) is 6.33 Å². The van der Waals surface area contributed by atoms with Crippen LogP contribution in [0.4, 0.5) is 0 Å². The third kappa shape index (κ3) is 1.03. The Morgan fingerprint density at radius 2 is 2.25 bits per heavy atom. The van der Waals surface area contributed by atoms with Gasteiger partial charge in [-0.05, 0) is 5.92 Å². The molecular formula is C7H9N5.